The molecule has 1 amide bonds. The number of carbonyl (C=O) groups is 1. The Balaban J connectivity index is 1.88. The summed E-state index contributed by atoms with van der Waals surface area (Å²) in [5.74, 6) is 0.759. The third kappa shape index (κ3) is 4.51. The Bertz CT molecular complexity index is 431. The normalized spacial score (nSPS) is 18.6. The molecule has 5 nitrogen and oxygen atoms in total. The first kappa shape index (κ1) is 14.8. The average Bonchev–Trinajstić information content (AvgIpc) is 2.49. The van der Waals surface area contributed by atoms with Crippen LogP contribution < -0.4 is 15.4 Å². The summed E-state index contributed by atoms with van der Waals surface area (Å²) in [6.45, 7) is 1.96. The maximum absolute atomic E-state index is 12.1. The van der Waals surface area contributed by atoms with Gasteiger partial charge in [0.1, 0.15) is 12.4 Å². The van der Waals surface area contributed by atoms with Crippen LogP contribution in [0.5, 0.6) is 5.75 Å². The molecule has 5 heteroatoms. The van der Waals surface area contributed by atoms with Gasteiger partial charge in [-0.1, -0.05) is 12.5 Å². The van der Waals surface area contributed by atoms with Gasteiger partial charge in [-0.05, 0) is 31.5 Å². The monoisotopic (exact) mass is 278 g/mol. The number of hydrogen-bond acceptors (Lipinski definition) is 4. The Morgan fingerprint density at radius 1 is 1.40 bits per heavy atom. The summed E-state index contributed by atoms with van der Waals surface area (Å²) >= 11 is 0. The quantitative estimate of drug-likeness (QED) is 0.779. The molecule has 1 saturated heterocycles. The average molecular weight is 278 g/mol. The molecule has 0 bridgehead atoms. The molecule has 0 aliphatic carbocycles. The smallest absolute Gasteiger partial charge is 0.241 e. The van der Waals surface area contributed by atoms with Crippen molar-refractivity contribution >= 4 is 11.6 Å². The predicted octanol–water partition coefficient (Wildman–Crippen LogP) is 1.79. The second-order valence-electron chi connectivity index (χ2n) is 4.86. The summed E-state index contributed by atoms with van der Waals surface area (Å²) in [6.07, 6.45) is 3.15. The molecule has 20 heavy (non-hydrogen) atoms. The fraction of sp³-hybridized carbons (Fsp3) is 0.533. The van der Waals surface area contributed by atoms with Gasteiger partial charge in [-0.2, -0.15) is 0 Å². The van der Waals surface area contributed by atoms with Gasteiger partial charge in [0.25, 0.3) is 0 Å². The minimum absolute atomic E-state index is 0.0266. The summed E-state index contributed by atoms with van der Waals surface area (Å²) < 4.78 is 10.5. The van der Waals surface area contributed by atoms with Crippen LogP contribution in [0.2, 0.25) is 0 Å². The molecule has 1 aromatic rings. The van der Waals surface area contributed by atoms with Crippen molar-refractivity contribution in [2.24, 2.45) is 0 Å². The van der Waals surface area contributed by atoms with Crippen molar-refractivity contribution in [1.82, 2.24) is 5.32 Å². The molecule has 2 N–H and O–H groups in total. The summed E-state index contributed by atoms with van der Waals surface area (Å²) in [5, 5.41) is 6.17. The molecule has 2 rings (SSSR count). The lowest BCUT2D eigenvalue weighted by Gasteiger charge is -2.22. The molecule has 0 spiro atoms. The van der Waals surface area contributed by atoms with Gasteiger partial charge in [-0.15, -0.1) is 0 Å². The van der Waals surface area contributed by atoms with E-state index in [0.29, 0.717) is 13.2 Å². The van der Waals surface area contributed by atoms with E-state index >= 15 is 0 Å². The Morgan fingerprint density at radius 2 is 2.30 bits per heavy atom. The van der Waals surface area contributed by atoms with Crippen LogP contribution in [-0.4, -0.2) is 38.8 Å². The molecule has 1 heterocycles. The molecule has 1 aromatic carbocycles. The molecule has 1 aliphatic rings. The van der Waals surface area contributed by atoms with Crippen LogP contribution in [0, 0.1) is 0 Å². The van der Waals surface area contributed by atoms with E-state index in [1.807, 2.05) is 24.3 Å². The fourth-order valence-electron chi connectivity index (χ4n) is 2.21. The number of rotatable bonds is 6. The van der Waals surface area contributed by atoms with Crippen LogP contribution in [0.15, 0.2) is 24.3 Å². The largest absolute Gasteiger partial charge is 0.491 e. The van der Waals surface area contributed by atoms with Crippen LogP contribution in [-0.2, 0) is 9.53 Å². The number of piperidine rings is 1. The first-order valence-corrected chi connectivity index (χ1v) is 7.05. The number of amides is 1. The second-order valence-corrected chi connectivity index (χ2v) is 4.86. The molecule has 1 aliphatic heterocycles. The first-order chi connectivity index (χ1) is 9.79. The van der Waals surface area contributed by atoms with E-state index in [2.05, 4.69) is 10.6 Å². The van der Waals surface area contributed by atoms with Crippen molar-refractivity contribution in [3.05, 3.63) is 24.3 Å². The lowest BCUT2D eigenvalue weighted by molar-refractivity contribution is -0.118. The lowest BCUT2D eigenvalue weighted by Crippen LogP contribution is -2.43. The molecule has 110 valence electrons. The summed E-state index contributed by atoms with van der Waals surface area (Å²) in [4.78, 5) is 12.1. The van der Waals surface area contributed by atoms with Crippen molar-refractivity contribution in [2.75, 3.05) is 32.2 Å². The number of carbonyl (C=O) groups excluding carboxylic acids is 1. The number of benzene rings is 1. The van der Waals surface area contributed by atoms with Gasteiger partial charge in [-0.25, -0.2) is 0 Å². The minimum atomic E-state index is -0.0817. The highest BCUT2D eigenvalue weighted by Gasteiger charge is 2.20. The van der Waals surface area contributed by atoms with Gasteiger partial charge in [0.2, 0.25) is 5.91 Å². The van der Waals surface area contributed by atoms with Crippen LogP contribution in [0.3, 0.4) is 0 Å². The zero-order valence-electron chi connectivity index (χ0n) is 11.9. The number of ether oxygens (including phenoxy) is 2. The van der Waals surface area contributed by atoms with Gasteiger partial charge < -0.3 is 20.1 Å². The van der Waals surface area contributed by atoms with Crippen LogP contribution in [0.25, 0.3) is 0 Å². The van der Waals surface area contributed by atoms with Crippen molar-refractivity contribution in [3.63, 3.8) is 0 Å². The molecule has 0 aromatic heterocycles. The molecular formula is C15H22N2O3. The third-order valence-corrected chi connectivity index (χ3v) is 3.28. The topological polar surface area (TPSA) is 59.6 Å². The van der Waals surface area contributed by atoms with Gasteiger partial charge >= 0.3 is 0 Å². The summed E-state index contributed by atoms with van der Waals surface area (Å²) in [5.41, 5.74) is 0.761. The van der Waals surface area contributed by atoms with Crippen molar-refractivity contribution in [1.29, 1.82) is 0 Å². The highest BCUT2D eigenvalue weighted by atomic mass is 16.5. The number of hydrogen-bond donors (Lipinski definition) is 2. The van der Waals surface area contributed by atoms with E-state index in [0.717, 1.165) is 37.2 Å². The Labute approximate surface area is 119 Å². The maximum atomic E-state index is 12.1. The molecule has 0 radical (unpaired) electrons. The van der Waals surface area contributed by atoms with E-state index in [1.165, 1.54) is 0 Å². The summed E-state index contributed by atoms with van der Waals surface area (Å²) in [6, 6.07) is 7.35. The molecule has 1 fully saturated rings. The van der Waals surface area contributed by atoms with Crippen molar-refractivity contribution in [3.8, 4) is 5.75 Å². The minimum Gasteiger partial charge on any atom is -0.491 e. The van der Waals surface area contributed by atoms with Crippen LogP contribution in [0.1, 0.15) is 19.3 Å². The number of nitrogens with one attached hydrogen (secondary N) is 2. The van der Waals surface area contributed by atoms with Gasteiger partial charge in [0.05, 0.1) is 12.6 Å². The number of methoxy groups -OCH3 is 1. The molecular weight excluding hydrogens is 256 g/mol. The number of anilines is 1. The standard InChI is InChI=1S/C15H22N2O3/c1-19-9-10-20-13-6-4-5-12(11-13)17-15(18)14-7-2-3-8-16-14/h4-6,11,14,16H,2-3,7-10H2,1H3,(H,17,18)/t14-/m1/s1. The SMILES string of the molecule is COCCOc1cccc(NC(=O)[C@H]2CCCCN2)c1. The lowest BCUT2D eigenvalue weighted by atomic mass is 10.0. The van der Waals surface area contributed by atoms with Gasteiger partial charge in [-0.3, -0.25) is 4.79 Å². The predicted molar refractivity (Wildman–Crippen MR) is 78.1 cm³/mol. The Morgan fingerprint density at radius 3 is 3.05 bits per heavy atom. The van der Waals surface area contributed by atoms with Crippen LogP contribution >= 0.6 is 0 Å². The van der Waals surface area contributed by atoms with Gasteiger partial charge in [0.15, 0.2) is 0 Å². The molecule has 0 unspecified atom stereocenters. The third-order valence-electron chi connectivity index (χ3n) is 3.28. The zero-order chi connectivity index (χ0) is 14.2. The Hall–Kier alpha value is -1.59. The van der Waals surface area contributed by atoms with Crippen LogP contribution in [0.4, 0.5) is 5.69 Å². The highest BCUT2D eigenvalue weighted by Crippen LogP contribution is 2.18. The fourth-order valence-corrected chi connectivity index (χ4v) is 2.21. The van der Waals surface area contributed by atoms with E-state index in [1.54, 1.807) is 7.11 Å². The highest BCUT2D eigenvalue weighted by molar-refractivity contribution is 5.95. The van der Waals surface area contributed by atoms with E-state index in [4.69, 9.17) is 9.47 Å². The van der Waals surface area contributed by atoms with Gasteiger partial charge in [0, 0.05) is 18.9 Å². The maximum Gasteiger partial charge on any atom is 0.241 e. The zero-order valence-corrected chi connectivity index (χ0v) is 11.9. The summed E-state index contributed by atoms with van der Waals surface area (Å²) in [7, 11) is 1.64. The van der Waals surface area contributed by atoms with E-state index in [-0.39, 0.29) is 11.9 Å². The second kappa shape index (κ2) is 7.87. The Kier molecular flexibility index (Phi) is 5.83. The van der Waals surface area contributed by atoms with E-state index in [9.17, 15) is 4.79 Å². The first-order valence-electron chi connectivity index (χ1n) is 7.05. The van der Waals surface area contributed by atoms with E-state index < -0.39 is 0 Å². The van der Waals surface area contributed by atoms with Crippen molar-refractivity contribution < 1.29 is 14.3 Å². The molecule has 1 atom stereocenters. The van der Waals surface area contributed by atoms with Crippen molar-refractivity contribution in [2.45, 2.75) is 25.3 Å². The molecule has 0 saturated carbocycles.